The van der Waals surface area contributed by atoms with E-state index >= 15 is 0 Å². The predicted octanol–water partition coefficient (Wildman–Crippen LogP) is 0.385. The van der Waals surface area contributed by atoms with E-state index < -0.39 is 0 Å². The predicted molar refractivity (Wildman–Crippen MR) is 99.1 cm³/mol. The summed E-state index contributed by atoms with van der Waals surface area (Å²) < 4.78 is 12.1. The molecule has 2 amide bonds. The number of aromatic nitrogens is 3. The lowest BCUT2D eigenvalue weighted by Gasteiger charge is -2.39. The summed E-state index contributed by atoms with van der Waals surface area (Å²) in [6, 6.07) is 7.57. The summed E-state index contributed by atoms with van der Waals surface area (Å²) in [5, 5.41) is 8.10. The van der Waals surface area contributed by atoms with E-state index in [4.69, 9.17) is 9.47 Å². The van der Waals surface area contributed by atoms with Gasteiger partial charge in [0.15, 0.2) is 5.69 Å². The highest BCUT2D eigenvalue weighted by atomic mass is 16.5. The highest BCUT2D eigenvalue weighted by Crippen LogP contribution is 2.22. The Bertz CT molecular complexity index is 856. The van der Waals surface area contributed by atoms with Gasteiger partial charge in [0, 0.05) is 26.2 Å². The first-order valence-electron chi connectivity index (χ1n) is 9.33. The zero-order valence-electron chi connectivity index (χ0n) is 15.8. The molecule has 2 aromatic rings. The van der Waals surface area contributed by atoms with Crippen molar-refractivity contribution < 1.29 is 19.1 Å². The Hall–Kier alpha value is -2.94. The summed E-state index contributed by atoms with van der Waals surface area (Å²) in [4.78, 5) is 28.4. The number of benzene rings is 1. The first-order chi connectivity index (χ1) is 13.6. The molecule has 28 heavy (non-hydrogen) atoms. The van der Waals surface area contributed by atoms with Crippen molar-refractivity contribution in [3.63, 3.8) is 0 Å². The van der Waals surface area contributed by atoms with Crippen LogP contribution in [0.15, 0.2) is 30.5 Å². The van der Waals surface area contributed by atoms with Crippen molar-refractivity contribution in [1.82, 2.24) is 24.8 Å². The molecule has 0 radical (unpaired) electrons. The van der Waals surface area contributed by atoms with Crippen LogP contribution in [0.1, 0.15) is 22.1 Å². The van der Waals surface area contributed by atoms with Crippen molar-refractivity contribution in [2.75, 3.05) is 46.5 Å². The van der Waals surface area contributed by atoms with Crippen molar-refractivity contribution >= 4 is 11.8 Å². The zero-order valence-corrected chi connectivity index (χ0v) is 15.8. The number of carbonyl (C=O) groups excluding carboxylic acids is 2. The van der Waals surface area contributed by atoms with Crippen molar-refractivity contribution in [3.8, 4) is 5.75 Å². The fourth-order valence-corrected chi connectivity index (χ4v) is 3.38. The Morgan fingerprint density at radius 3 is 2.75 bits per heavy atom. The summed E-state index contributed by atoms with van der Waals surface area (Å²) in [7, 11) is 1.61. The van der Waals surface area contributed by atoms with Crippen molar-refractivity contribution in [1.29, 1.82) is 0 Å². The molecule has 0 unspecified atom stereocenters. The molecule has 0 spiro atoms. The Kier molecular flexibility index (Phi) is 5.25. The van der Waals surface area contributed by atoms with Gasteiger partial charge < -0.3 is 19.3 Å². The molecule has 2 aliphatic heterocycles. The van der Waals surface area contributed by atoms with Crippen LogP contribution in [0.3, 0.4) is 0 Å². The summed E-state index contributed by atoms with van der Waals surface area (Å²) in [5.41, 5.74) is 1.26. The number of amides is 2. The van der Waals surface area contributed by atoms with E-state index in [2.05, 4.69) is 10.3 Å². The average molecular weight is 385 g/mol. The Morgan fingerprint density at radius 2 is 2.00 bits per heavy atom. The molecule has 0 aliphatic carbocycles. The van der Waals surface area contributed by atoms with Gasteiger partial charge in [-0.1, -0.05) is 17.3 Å². The molecule has 3 heterocycles. The van der Waals surface area contributed by atoms with Crippen LogP contribution >= 0.6 is 0 Å². The highest BCUT2D eigenvalue weighted by molar-refractivity contribution is 5.92. The molecule has 2 aliphatic rings. The molecule has 0 saturated carbocycles. The molecular weight excluding hydrogens is 362 g/mol. The van der Waals surface area contributed by atoms with Crippen LogP contribution in [0, 0.1) is 0 Å². The molecule has 4 rings (SSSR count). The largest absolute Gasteiger partial charge is 0.497 e. The minimum absolute atomic E-state index is 0.0491. The second-order valence-corrected chi connectivity index (χ2v) is 6.97. The fourth-order valence-electron chi connectivity index (χ4n) is 3.38. The smallest absolute Gasteiger partial charge is 0.276 e. The van der Waals surface area contributed by atoms with Crippen LogP contribution in [-0.4, -0.2) is 83.1 Å². The number of nitrogens with zero attached hydrogens (tertiary/aromatic N) is 5. The molecule has 0 bridgehead atoms. The lowest BCUT2D eigenvalue weighted by Crippen LogP contribution is -2.51. The van der Waals surface area contributed by atoms with Crippen LogP contribution in [-0.2, 0) is 16.0 Å². The lowest BCUT2D eigenvalue weighted by molar-refractivity contribution is -0.136. The van der Waals surface area contributed by atoms with Gasteiger partial charge in [0.1, 0.15) is 5.75 Å². The van der Waals surface area contributed by atoms with E-state index in [1.807, 2.05) is 24.3 Å². The van der Waals surface area contributed by atoms with Gasteiger partial charge in [-0.25, -0.2) is 4.68 Å². The Labute approximate surface area is 162 Å². The third-order valence-electron chi connectivity index (χ3n) is 5.11. The maximum absolute atomic E-state index is 12.5. The molecule has 2 saturated heterocycles. The molecule has 1 aromatic carbocycles. The van der Waals surface area contributed by atoms with Crippen molar-refractivity contribution in [2.45, 2.75) is 12.5 Å². The van der Waals surface area contributed by atoms with Crippen LogP contribution in [0.2, 0.25) is 0 Å². The van der Waals surface area contributed by atoms with E-state index in [9.17, 15) is 9.59 Å². The van der Waals surface area contributed by atoms with Gasteiger partial charge >= 0.3 is 0 Å². The quantitative estimate of drug-likeness (QED) is 0.740. The molecule has 148 valence electrons. The van der Waals surface area contributed by atoms with Gasteiger partial charge in [-0.15, -0.1) is 5.10 Å². The summed E-state index contributed by atoms with van der Waals surface area (Å²) in [6.07, 6.45) is 2.01. The SMILES string of the molecule is COc1cccc(CC(=O)N2CC(n3cc(C(=O)N4CCOCC4)nn3)C2)c1. The minimum atomic E-state index is -0.125. The third-order valence-corrected chi connectivity index (χ3v) is 5.11. The van der Waals surface area contributed by atoms with E-state index in [0.29, 0.717) is 51.5 Å². The monoisotopic (exact) mass is 385 g/mol. The Morgan fingerprint density at radius 1 is 1.21 bits per heavy atom. The maximum Gasteiger partial charge on any atom is 0.276 e. The van der Waals surface area contributed by atoms with E-state index in [0.717, 1.165) is 11.3 Å². The number of morpholine rings is 1. The number of carbonyl (C=O) groups is 2. The van der Waals surface area contributed by atoms with Gasteiger partial charge in [0.05, 0.1) is 39.0 Å². The van der Waals surface area contributed by atoms with Gasteiger partial charge in [0.25, 0.3) is 5.91 Å². The topological polar surface area (TPSA) is 89.8 Å². The summed E-state index contributed by atoms with van der Waals surface area (Å²) >= 11 is 0. The average Bonchev–Trinajstić information content (AvgIpc) is 3.16. The van der Waals surface area contributed by atoms with Gasteiger partial charge in [-0.2, -0.15) is 0 Å². The van der Waals surface area contributed by atoms with Crippen molar-refractivity contribution in [2.24, 2.45) is 0 Å². The van der Waals surface area contributed by atoms with Crippen LogP contribution in [0.5, 0.6) is 5.75 Å². The highest BCUT2D eigenvalue weighted by Gasteiger charge is 2.33. The number of ether oxygens (including phenoxy) is 2. The first-order valence-corrected chi connectivity index (χ1v) is 9.33. The molecule has 9 nitrogen and oxygen atoms in total. The fraction of sp³-hybridized carbons (Fsp3) is 0.474. The normalized spacial score (nSPS) is 17.3. The number of rotatable bonds is 5. The lowest BCUT2D eigenvalue weighted by atomic mass is 10.1. The number of hydrogen-bond donors (Lipinski definition) is 0. The van der Waals surface area contributed by atoms with Crippen LogP contribution < -0.4 is 4.74 Å². The minimum Gasteiger partial charge on any atom is -0.497 e. The van der Waals surface area contributed by atoms with Crippen LogP contribution in [0.4, 0.5) is 0 Å². The Balaban J connectivity index is 1.30. The zero-order chi connectivity index (χ0) is 19.5. The van der Waals surface area contributed by atoms with Gasteiger partial charge in [0.2, 0.25) is 5.91 Å². The standard InChI is InChI=1S/C19H23N5O4/c1-27-16-4-2-3-14(9-16)10-18(25)23-11-15(12-23)24-13-17(20-21-24)19(26)22-5-7-28-8-6-22/h2-4,9,13,15H,5-8,10-12H2,1H3. The summed E-state index contributed by atoms with van der Waals surface area (Å²) in [5.74, 6) is 0.681. The van der Waals surface area contributed by atoms with E-state index in [1.165, 1.54) is 0 Å². The van der Waals surface area contributed by atoms with E-state index in [1.54, 1.807) is 27.8 Å². The molecule has 0 atom stereocenters. The van der Waals surface area contributed by atoms with E-state index in [-0.39, 0.29) is 17.9 Å². The third kappa shape index (κ3) is 3.84. The van der Waals surface area contributed by atoms with Crippen LogP contribution in [0.25, 0.3) is 0 Å². The maximum atomic E-state index is 12.5. The number of likely N-dealkylation sites (tertiary alicyclic amines) is 1. The molecule has 2 fully saturated rings. The first kappa shape index (κ1) is 18.4. The molecule has 9 heteroatoms. The van der Waals surface area contributed by atoms with Gasteiger partial charge in [-0.3, -0.25) is 9.59 Å². The molecular formula is C19H23N5O4. The molecule has 0 N–H and O–H groups in total. The second-order valence-electron chi connectivity index (χ2n) is 6.97. The van der Waals surface area contributed by atoms with Crippen molar-refractivity contribution in [3.05, 3.63) is 41.7 Å². The molecule has 1 aromatic heterocycles. The summed E-state index contributed by atoms with van der Waals surface area (Å²) in [6.45, 7) is 3.37. The number of hydrogen-bond acceptors (Lipinski definition) is 6. The number of methoxy groups -OCH3 is 1. The van der Waals surface area contributed by atoms with Gasteiger partial charge in [-0.05, 0) is 17.7 Å². The second kappa shape index (κ2) is 7.97.